The van der Waals surface area contributed by atoms with Gasteiger partial charge >= 0.3 is 0 Å². The number of aromatic nitrogens is 2. The van der Waals surface area contributed by atoms with Crippen LogP contribution in [-0.2, 0) is 10.0 Å². The minimum atomic E-state index is -3.49. The Morgan fingerprint density at radius 1 is 1.03 bits per heavy atom. The molecule has 1 aliphatic rings. The van der Waals surface area contributed by atoms with Crippen LogP contribution in [0.4, 0.5) is 0 Å². The minimum Gasteiger partial charge on any atom is -0.497 e. The lowest BCUT2D eigenvalue weighted by molar-refractivity contribution is 0.102. The van der Waals surface area contributed by atoms with E-state index in [1.54, 1.807) is 55.6 Å². The second kappa shape index (κ2) is 9.85. The predicted molar refractivity (Wildman–Crippen MR) is 120 cm³/mol. The van der Waals surface area contributed by atoms with Crippen molar-refractivity contribution < 1.29 is 22.4 Å². The zero-order valence-electron chi connectivity index (χ0n) is 17.6. The molecule has 3 aromatic rings. The molecule has 8 nitrogen and oxygen atoms in total. The fourth-order valence-electron chi connectivity index (χ4n) is 3.40. The van der Waals surface area contributed by atoms with Gasteiger partial charge in [0, 0.05) is 24.2 Å². The number of Topliss-reactive ketones (excluding diaryl/α,β-unsaturated/α-hetero) is 1. The number of ether oxygens (including phenoxy) is 1. The molecule has 2 aromatic carbocycles. The van der Waals surface area contributed by atoms with Gasteiger partial charge in [-0.05, 0) is 61.4 Å². The van der Waals surface area contributed by atoms with E-state index in [-0.39, 0.29) is 27.5 Å². The number of hydrogen-bond donors (Lipinski definition) is 0. The highest BCUT2D eigenvalue weighted by molar-refractivity contribution is 7.99. The van der Waals surface area contributed by atoms with Crippen molar-refractivity contribution in [3.63, 3.8) is 0 Å². The molecule has 0 unspecified atom stereocenters. The van der Waals surface area contributed by atoms with Crippen molar-refractivity contribution >= 4 is 27.6 Å². The zero-order chi connectivity index (χ0) is 22.6. The fourth-order valence-corrected chi connectivity index (χ4v) is 5.57. The molecule has 10 heteroatoms. The molecule has 0 spiro atoms. The van der Waals surface area contributed by atoms with Crippen LogP contribution in [0.5, 0.6) is 5.75 Å². The van der Waals surface area contributed by atoms with E-state index in [4.69, 9.17) is 9.15 Å². The highest BCUT2D eigenvalue weighted by Gasteiger charge is 2.26. The van der Waals surface area contributed by atoms with E-state index in [1.165, 1.54) is 4.31 Å². The van der Waals surface area contributed by atoms with Gasteiger partial charge in [-0.15, -0.1) is 10.2 Å². The largest absolute Gasteiger partial charge is 0.497 e. The summed E-state index contributed by atoms with van der Waals surface area (Å²) in [6, 6.07) is 13.3. The minimum absolute atomic E-state index is 0.0651. The van der Waals surface area contributed by atoms with Crippen molar-refractivity contribution in [2.45, 2.75) is 29.4 Å². The van der Waals surface area contributed by atoms with Crippen molar-refractivity contribution in [2.24, 2.45) is 0 Å². The SMILES string of the molecule is COc1ccc(C(=O)CSc2nnc(-c3ccc(S(=O)(=O)N4CCCCC4)cc3)o2)cc1. The van der Waals surface area contributed by atoms with Gasteiger partial charge in [0.25, 0.3) is 5.22 Å². The molecular weight excluding hydrogens is 450 g/mol. The average Bonchev–Trinajstić information content (AvgIpc) is 3.32. The Morgan fingerprint density at radius 3 is 2.38 bits per heavy atom. The van der Waals surface area contributed by atoms with Crippen LogP contribution < -0.4 is 4.74 Å². The number of piperidine rings is 1. The number of ketones is 1. The summed E-state index contributed by atoms with van der Waals surface area (Å²) in [7, 11) is -1.92. The summed E-state index contributed by atoms with van der Waals surface area (Å²) in [5.74, 6) is 1.04. The van der Waals surface area contributed by atoms with Gasteiger partial charge in [-0.1, -0.05) is 18.2 Å². The number of thioether (sulfide) groups is 1. The standard InChI is InChI=1S/C22H23N3O5S2/c1-29-18-9-5-16(6-10-18)20(26)15-31-22-24-23-21(30-22)17-7-11-19(12-8-17)32(27,28)25-13-3-2-4-14-25/h5-12H,2-4,13-15H2,1H3. The molecule has 0 bridgehead atoms. The van der Waals surface area contributed by atoms with Crippen LogP contribution in [0, 0.1) is 0 Å². The maximum Gasteiger partial charge on any atom is 0.277 e. The van der Waals surface area contributed by atoms with Gasteiger partial charge in [-0.2, -0.15) is 4.31 Å². The molecule has 0 saturated carbocycles. The Morgan fingerprint density at radius 2 is 1.72 bits per heavy atom. The number of carbonyl (C=O) groups excluding carboxylic acids is 1. The van der Waals surface area contributed by atoms with Crippen LogP contribution >= 0.6 is 11.8 Å². The molecule has 0 radical (unpaired) electrons. The van der Waals surface area contributed by atoms with E-state index >= 15 is 0 Å². The zero-order valence-corrected chi connectivity index (χ0v) is 19.2. The molecule has 1 fully saturated rings. The summed E-state index contributed by atoms with van der Waals surface area (Å²) in [5.41, 5.74) is 1.19. The topological polar surface area (TPSA) is 103 Å². The van der Waals surface area contributed by atoms with Crippen LogP contribution in [0.15, 0.2) is 63.1 Å². The van der Waals surface area contributed by atoms with Gasteiger partial charge < -0.3 is 9.15 Å². The Kier molecular flexibility index (Phi) is 6.92. The fraction of sp³-hybridized carbons (Fsp3) is 0.318. The molecular formula is C22H23N3O5S2. The first-order valence-corrected chi connectivity index (χ1v) is 12.6. The maximum absolute atomic E-state index is 12.8. The van der Waals surface area contributed by atoms with Gasteiger partial charge in [0.15, 0.2) is 5.78 Å². The monoisotopic (exact) mass is 473 g/mol. The summed E-state index contributed by atoms with van der Waals surface area (Å²) in [5, 5.41) is 8.26. The van der Waals surface area contributed by atoms with Crippen LogP contribution in [0.2, 0.25) is 0 Å². The molecule has 32 heavy (non-hydrogen) atoms. The normalized spacial score (nSPS) is 14.9. The average molecular weight is 474 g/mol. The molecule has 2 heterocycles. The summed E-state index contributed by atoms with van der Waals surface area (Å²) in [4.78, 5) is 12.6. The van der Waals surface area contributed by atoms with Crippen LogP contribution in [0.1, 0.15) is 29.6 Å². The number of methoxy groups -OCH3 is 1. The number of carbonyl (C=O) groups is 1. The highest BCUT2D eigenvalue weighted by atomic mass is 32.2. The van der Waals surface area contributed by atoms with Gasteiger partial charge in [-0.25, -0.2) is 8.42 Å². The lowest BCUT2D eigenvalue weighted by Crippen LogP contribution is -2.35. The van der Waals surface area contributed by atoms with E-state index in [0.717, 1.165) is 31.0 Å². The summed E-state index contributed by atoms with van der Waals surface area (Å²) < 4.78 is 37.8. The van der Waals surface area contributed by atoms with Crippen molar-refractivity contribution in [1.82, 2.24) is 14.5 Å². The van der Waals surface area contributed by atoms with Gasteiger partial charge in [0.05, 0.1) is 17.8 Å². The first-order chi connectivity index (χ1) is 15.5. The van der Waals surface area contributed by atoms with E-state index in [0.29, 0.717) is 30.0 Å². The second-order valence-electron chi connectivity index (χ2n) is 7.30. The molecule has 1 saturated heterocycles. The highest BCUT2D eigenvalue weighted by Crippen LogP contribution is 2.26. The number of sulfonamides is 1. The van der Waals surface area contributed by atoms with Gasteiger partial charge in [0.1, 0.15) is 5.75 Å². The number of benzene rings is 2. The van der Waals surface area contributed by atoms with Crippen molar-refractivity contribution in [1.29, 1.82) is 0 Å². The third-order valence-corrected chi connectivity index (χ3v) is 7.93. The molecule has 0 aliphatic carbocycles. The third kappa shape index (κ3) is 5.03. The van der Waals surface area contributed by atoms with Crippen molar-refractivity contribution in [2.75, 3.05) is 26.0 Å². The van der Waals surface area contributed by atoms with E-state index in [1.807, 2.05) is 0 Å². The summed E-state index contributed by atoms with van der Waals surface area (Å²) >= 11 is 1.15. The number of rotatable bonds is 8. The lowest BCUT2D eigenvalue weighted by atomic mass is 10.1. The Labute approximate surface area is 191 Å². The first kappa shape index (κ1) is 22.5. The van der Waals surface area contributed by atoms with Gasteiger partial charge in [0.2, 0.25) is 15.9 Å². The lowest BCUT2D eigenvalue weighted by Gasteiger charge is -2.25. The Hall–Kier alpha value is -2.69. The first-order valence-electron chi connectivity index (χ1n) is 10.2. The predicted octanol–water partition coefficient (Wildman–Crippen LogP) is 3.89. The number of nitrogens with zero attached hydrogens (tertiary/aromatic N) is 3. The molecule has 168 valence electrons. The number of hydrogen-bond acceptors (Lipinski definition) is 8. The van der Waals surface area contributed by atoms with Crippen molar-refractivity contribution in [3.05, 3.63) is 54.1 Å². The molecule has 0 atom stereocenters. The van der Waals surface area contributed by atoms with E-state index in [9.17, 15) is 13.2 Å². The molecule has 1 aromatic heterocycles. The molecule has 4 rings (SSSR count). The van der Waals surface area contributed by atoms with Gasteiger partial charge in [-0.3, -0.25) is 4.79 Å². The summed E-state index contributed by atoms with van der Waals surface area (Å²) in [6.07, 6.45) is 2.84. The van der Waals surface area contributed by atoms with Crippen LogP contribution in [0.3, 0.4) is 0 Å². The van der Waals surface area contributed by atoms with Crippen LogP contribution in [-0.4, -0.2) is 54.7 Å². The van der Waals surface area contributed by atoms with E-state index < -0.39 is 10.0 Å². The van der Waals surface area contributed by atoms with Crippen molar-refractivity contribution in [3.8, 4) is 17.2 Å². The molecule has 0 amide bonds. The quantitative estimate of drug-likeness (QED) is 0.359. The summed E-state index contributed by atoms with van der Waals surface area (Å²) in [6.45, 7) is 1.12. The Bertz CT molecular complexity index is 1170. The smallest absolute Gasteiger partial charge is 0.277 e. The van der Waals surface area contributed by atoms with Crippen LogP contribution in [0.25, 0.3) is 11.5 Å². The Balaban J connectivity index is 1.39. The second-order valence-corrected chi connectivity index (χ2v) is 10.2. The molecule has 1 aliphatic heterocycles. The van der Waals surface area contributed by atoms with E-state index in [2.05, 4.69) is 10.2 Å². The molecule has 0 N–H and O–H groups in total. The third-order valence-electron chi connectivity index (χ3n) is 5.20. The maximum atomic E-state index is 12.8.